The lowest BCUT2D eigenvalue weighted by Crippen LogP contribution is -2.29. The van der Waals surface area contributed by atoms with E-state index in [9.17, 15) is 18.4 Å². The molecule has 0 spiro atoms. The Morgan fingerprint density at radius 2 is 1.91 bits per heavy atom. The van der Waals surface area contributed by atoms with Gasteiger partial charge in [-0.3, -0.25) is 14.3 Å². The average Bonchev–Trinajstić information content (AvgIpc) is 3.43. The Morgan fingerprint density at radius 3 is 2.60 bits per heavy atom. The predicted octanol–water partition coefficient (Wildman–Crippen LogP) is 2.43. The summed E-state index contributed by atoms with van der Waals surface area (Å²) in [6.45, 7) is 0.484. The molecule has 11 heteroatoms. The lowest BCUT2D eigenvalue weighted by atomic mass is 10.1. The Bertz CT molecular complexity index is 1590. The number of amides is 1. The van der Waals surface area contributed by atoms with Crippen molar-refractivity contribution in [2.45, 2.75) is 13.0 Å². The normalized spacial score (nSPS) is 19.4. The molecule has 1 aliphatic heterocycles. The van der Waals surface area contributed by atoms with Gasteiger partial charge in [-0.2, -0.15) is 14.9 Å². The van der Waals surface area contributed by atoms with E-state index < -0.39 is 35.8 Å². The Kier molecular flexibility index (Phi) is 4.71. The van der Waals surface area contributed by atoms with Crippen LogP contribution in [0.15, 0.2) is 53.5 Å². The minimum Gasteiger partial charge on any atom is -0.367 e. The van der Waals surface area contributed by atoms with E-state index in [1.807, 2.05) is 11.8 Å². The van der Waals surface area contributed by atoms with Crippen molar-refractivity contribution in [3.8, 4) is 5.69 Å². The van der Waals surface area contributed by atoms with Crippen molar-refractivity contribution >= 4 is 28.2 Å². The van der Waals surface area contributed by atoms with Gasteiger partial charge in [0.15, 0.2) is 11.6 Å². The smallest absolute Gasteiger partial charge is 0.276 e. The minimum atomic E-state index is -2.52. The monoisotopic (exact) mass is 482 g/mol. The van der Waals surface area contributed by atoms with E-state index in [2.05, 4.69) is 15.5 Å². The summed E-state index contributed by atoms with van der Waals surface area (Å²) < 4.78 is 53.4. The van der Waals surface area contributed by atoms with E-state index in [1.165, 1.54) is 12.3 Å². The summed E-state index contributed by atoms with van der Waals surface area (Å²) in [4.78, 5) is 27.5. The number of carbonyl (C=O) groups is 1. The van der Waals surface area contributed by atoms with Gasteiger partial charge in [-0.1, -0.05) is 13.0 Å². The van der Waals surface area contributed by atoms with Crippen LogP contribution in [0, 0.1) is 17.6 Å². The zero-order chi connectivity index (χ0) is 27.4. The first kappa shape index (κ1) is 19.2. The fraction of sp³-hybridized carbons (Fsp3) is 0.250. The standard InChI is InChI=1S/C24H23F2N7O2/c1-13-11-32(12-17(13)27)22-14-10-28-31(2)20(14)8-6-18(22)29-24(35)19-7-9-21(34)33(30-19)23-15(25)4-3-5-16(23)26/h3-10,13,17H,11-12,27H2,1-2H3,(H,29,35)/t13-,17+/m1/s1/i2D3. The molecule has 2 aromatic carbocycles. The molecule has 0 unspecified atom stereocenters. The molecule has 3 heterocycles. The third-order valence-corrected chi connectivity index (χ3v) is 6.14. The first-order valence-corrected chi connectivity index (χ1v) is 10.8. The summed E-state index contributed by atoms with van der Waals surface area (Å²) in [5, 5.41) is 11.2. The second kappa shape index (κ2) is 8.58. The summed E-state index contributed by atoms with van der Waals surface area (Å²) in [5.74, 6) is -2.66. The number of carbonyl (C=O) groups excluding carboxylic acids is 1. The highest BCUT2D eigenvalue weighted by atomic mass is 19.1. The number of nitrogens with zero attached hydrogens (tertiary/aromatic N) is 5. The summed E-state index contributed by atoms with van der Waals surface area (Å²) in [6.07, 6.45) is 1.42. The van der Waals surface area contributed by atoms with Crippen LogP contribution in [0.25, 0.3) is 16.6 Å². The van der Waals surface area contributed by atoms with E-state index >= 15 is 0 Å². The van der Waals surface area contributed by atoms with Crippen molar-refractivity contribution in [2.24, 2.45) is 18.6 Å². The third-order valence-electron chi connectivity index (χ3n) is 6.14. The number of fused-ring (bicyclic) bond motifs is 1. The number of para-hydroxylation sites is 1. The van der Waals surface area contributed by atoms with E-state index in [-0.39, 0.29) is 17.7 Å². The zero-order valence-corrected chi connectivity index (χ0v) is 18.6. The van der Waals surface area contributed by atoms with E-state index in [0.29, 0.717) is 40.0 Å². The highest BCUT2D eigenvalue weighted by Crippen LogP contribution is 2.37. The molecular weight excluding hydrogens is 456 g/mol. The zero-order valence-electron chi connectivity index (χ0n) is 21.6. The number of benzene rings is 2. The van der Waals surface area contributed by atoms with Crippen molar-refractivity contribution in [3.63, 3.8) is 0 Å². The quantitative estimate of drug-likeness (QED) is 0.462. The van der Waals surface area contributed by atoms with Crippen molar-refractivity contribution < 1.29 is 17.7 Å². The van der Waals surface area contributed by atoms with Crippen LogP contribution >= 0.6 is 0 Å². The number of halogens is 2. The van der Waals surface area contributed by atoms with Gasteiger partial charge < -0.3 is 16.0 Å². The van der Waals surface area contributed by atoms with Crippen LogP contribution in [-0.4, -0.2) is 44.6 Å². The van der Waals surface area contributed by atoms with Gasteiger partial charge >= 0.3 is 0 Å². The summed E-state index contributed by atoms with van der Waals surface area (Å²) in [5.41, 5.74) is 5.62. The van der Waals surface area contributed by atoms with E-state index in [1.54, 1.807) is 6.07 Å². The van der Waals surface area contributed by atoms with Crippen molar-refractivity contribution in [3.05, 3.63) is 76.3 Å². The van der Waals surface area contributed by atoms with Crippen molar-refractivity contribution in [2.75, 3.05) is 23.3 Å². The number of nitrogens with one attached hydrogen (secondary N) is 1. The first-order chi connectivity index (χ1) is 18.0. The van der Waals surface area contributed by atoms with Gasteiger partial charge in [-0.25, -0.2) is 8.78 Å². The highest BCUT2D eigenvalue weighted by molar-refractivity contribution is 6.08. The van der Waals surface area contributed by atoms with Crippen molar-refractivity contribution in [1.82, 2.24) is 19.6 Å². The molecule has 5 rings (SSSR count). The molecule has 0 saturated carbocycles. The average molecular weight is 483 g/mol. The molecule has 1 fully saturated rings. The molecule has 35 heavy (non-hydrogen) atoms. The number of rotatable bonds is 4. The van der Waals surface area contributed by atoms with Crippen LogP contribution < -0.4 is 21.5 Å². The molecule has 3 N–H and O–H groups in total. The number of aryl methyl sites for hydroxylation is 1. The number of aromatic nitrogens is 4. The minimum absolute atomic E-state index is 0.132. The van der Waals surface area contributed by atoms with Crippen LogP contribution in [0.5, 0.6) is 0 Å². The molecule has 9 nitrogen and oxygen atoms in total. The van der Waals surface area contributed by atoms with Crippen LogP contribution in [0.1, 0.15) is 21.5 Å². The van der Waals surface area contributed by atoms with Crippen LogP contribution in [0.4, 0.5) is 20.2 Å². The molecule has 0 radical (unpaired) electrons. The number of hydrogen-bond donors (Lipinski definition) is 2. The fourth-order valence-electron chi connectivity index (χ4n) is 4.27. The van der Waals surface area contributed by atoms with E-state index in [0.717, 1.165) is 35.0 Å². The molecule has 1 amide bonds. The Morgan fingerprint density at radius 1 is 1.14 bits per heavy atom. The molecule has 180 valence electrons. The number of hydrogen-bond acceptors (Lipinski definition) is 6. The van der Waals surface area contributed by atoms with Gasteiger partial charge in [0.25, 0.3) is 11.5 Å². The van der Waals surface area contributed by atoms with Gasteiger partial charge in [0.1, 0.15) is 11.4 Å². The maximum Gasteiger partial charge on any atom is 0.276 e. The largest absolute Gasteiger partial charge is 0.367 e. The Hall–Kier alpha value is -4.12. The number of nitrogens with two attached hydrogens (primary N) is 1. The molecule has 0 bridgehead atoms. The molecule has 4 aromatic rings. The molecule has 2 aromatic heterocycles. The second-order valence-electron chi connectivity index (χ2n) is 8.49. The molecule has 1 saturated heterocycles. The van der Waals surface area contributed by atoms with Gasteiger partial charge in [-0.05, 0) is 36.2 Å². The summed E-state index contributed by atoms with van der Waals surface area (Å²) in [7, 11) is 0. The Balaban J connectivity index is 1.57. The maximum atomic E-state index is 14.3. The Labute approximate surface area is 203 Å². The predicted molar refractivity (Wildman–Crippen MR) is 128 cm³/mol. The first-order valence-electron chi connectivity index (χ1n) is 12.3. The van der Waals surface area contributed by atoms with Crippen LogP contribution in [-0.2, 0) is 6.98 Å². The summed E-state index contributed by atoms with van der Waals surface area (Å²) >= 11 is 0. The van der Waals surface area contributed by atoms with Crippen LogP contribution in [0.3, 0.4) is 0 Å². The summed E-state index contributed by atoms with van der Waals surface area (Å²) in [6, 6.07) is 8.14. The topological polar surface area (TPSA) is 111 Å². The molecule has 0 aliphatic carbocycles. The lowest BCUT2D eigenvalue weighted by Gasteiger charge is -2.23. The van der Waals surface area contributed by atoms with E-state index in [4.69, 9.17) is 9.85 Å². The molecular formula is C24H23F2N7O2. The lowest BCUT2D eigenvalue weighted by molar-refractivity contribution is 0.102. The fourth-order valence-corrected chi connectivity index (χ4v) is 4.27. The molecule has 1 aliphatic rings. The third kappa shape index (κ3) is 3.93. The maximum absolute atomic E-state index is 14.3. The highest BCUT2D eigenvalue weighted by Gasteiger charge is 2.30. The van der Waals surface area contributed by atoms with Gasteiger partial charge in [-0.15, -0.1) is 0 Å². The van der Waals surface area contributed by atoms with Crippen molar-refractivity contribution in [1.29, 1.82) is 0 Å². The number of anilines is 2. The SMILES string of the molecule is [2H]C([2H])([2H])n1ncc2c(N3C[C@@H](C)[C@@H](N)C3)c(NC(=O)c3ccc(=O)n(-c4c(F)cccc4F)n3)ccc21. The van der Waals surface area contributed by atoms with Gasteiger partial charge in [0.05, 0.1) is 23.1 Å². The van der Waals surface area contributed by atoms with Crippen LogP contribution in [0.2, 0.25) is 0 Å². The molecule has 2 atom stereocenters. The van der Waals surface area contributed by atoms with Gasteiger partial charge in [0.2, 0.25) is 0 Å². The van der Waals surface area contributed by atoms with Gasteiger partial charge in [0, 0.05) is 41.7 Å². The second-order valence-corrected chi connectivity index (χ2v) is 8.49.